The van der Waals surface area contributed by atoms with Crippen molar-refractivity contribution in [2.75, 3.05) is 26.0 Å². The molecule has 0 bridgehead atoms. The Hall–Kier alpha value is -1.07. The number of rotatable bonds is 5. The Morgan fingerprint density at radius 2 is 1.95 bits per heavy atom. The number of benzene rings is 1. The van der Waals surface area contributed by atoms with Crippen molar-refractivity contribution < 1.29 is 8.42 Å². The number of nitrogens with one attached hydrogen (secondary N) is 1. The summed E-state index contributed by atoms with van der Waals surface area (Å²) in [6.07, 6.45) is 5.07. The van der Waals surface area contributed by atoms with E-state index < -0.39 is 10.0 Å². The van der Waals surface area contributed by atoms with Gasteiger partial charge in [0.05, 0.1) is 5.69 Å². The summed E-state index contributed by atoms with van der Waals surface area (Å²) >= 11 is 0. The summed E-state index contributed by atoms with van der Waals surface area (Å²) in [6.45, 7) is 3.15. The van der Waals surface area contributed by atoms with Gasteiger partial charge in [-0.15, -0.1) is 0 Å². The second kappa shape index (κ2) is 6.79. The molecule has 0 aliphatic heterocycles. The van der Waals surface area contributed by atoms with Crippen LogP contribution >= 0.6 is 0 Å². The Labute approximate surface area is 128 Å². The van der Waals surface area contributed by atoms with Crippen molar-refractivity contribution in [2.45, 2.75) is 37.5 Å². The summed E-state index contributed by atoms with van der Waals surface area (Å²) in [6, 6.07) is 7.16. The van der Waals surface area contributed by atoms with Crippen LogP contribution in [-0.4, -0.2) is 33.4 Å². The molecule has 1 N–H and O–H groups in total. The third-order valence-corrected chi connectivity index (χ3v) is 6.15. The molecule has 1 fully saturated rings. The summed E-state index contributed by atoms with van der Waals surface area (Å²) in [4.78, 5) is 0.360. The van der Waals surface area contributed by atoms with Crippen molar-refractivity contribution in [3.05, 3.63) is 24.3 Å². The maximum atomic E-state index is 12.3. The van der Waals surface area contributed by atoms with E-state index in [0.29, 0.717) is 16.5 Å². The lowest BCUT2D eigenvalue weighted by molar-refractivity contribution is 0.293. The Kier molecular flexibility index (Phi) is 5.27. The first kappa shape index (κ1) is 16.3. The molecule has 1 aromatic rings. The minimum atomic E-state index is -3.40. The van der Waals surface area contributed by atoms with Gasteiger partial charge >= 0.3 is 0 Å². The fourth-order valence-corrected chi connectivity index (χ4v) is 4.10. The van der Waals surface area contributed by atoms with Crippen molar-refractivity contribution in [3.8, 4) is 0 Å². The van der Waals surface area contributed by atoms with E-state index in [1.54, 1.807) is 26.2 Å². The minimum absolute atomic E-state index is 0.360. The monoisotopic (exact) mass is 310 g/mol. The summed E-state index contributed by atoms with van der Waals surface area (Å²) in [7, 11) is -0.272. The van der Waals surface area contributed by atoms with Crippen LogP contribution < -0.4 is 5.32 Å². The van der Waals surface area contributed by atoms with E-state index in [2.05, 4.69) is 12.2 Å². The predicted molar refractivity (Wildman–Crippen MR) is 86.9 cm³/mol. The fraction of sp³-hybridized carbons (Fsp3) is 0.625. The van der Waals surface area contributed by atoms with E-state index in [9.17, 15) is 8.42 Å². The van der Waals surface area contributed by atoms with Crippen molar-refractivity contribution in [2.24, 2.45) is 11.8 Å². The Bertz CT molecular complexity index is 569. The Balaban J connectivity index is 2.10. The Morgan fingerprint density at radius 3 is 2.62 bits per heavy atom. The zero-order valence-corrected chi connectivity index (χ0v) is 14.0. The topological polar surface area (TPSA) is 49.4 Å². The van der Waals surface area contributed by atoms with Gasteiger partial charge in [-0.05, 0) is 36.8 Å². The largest absolute Gasteiger partial charge is 0.384 e. The molecule has 2 rings (SSSR count). The third-order valence-electron chi connectivity index (χ3n) is 4.27. The molecule has 0 radical (unpaired) electrons. The number of sulfonamides is 1. The number of hydrogen-bond donors (Lipinski definition) is 1. The van der Waals surface area contributed by atoms with Crippen LogP contribution in [0.15, 0.2) is 29.2 Å². The van der Waals surface area contributed by atoms with Crippen LogP contribution in [0.1, 0.15) is 32.6 Å². The van der Waals surface area contributed by atoms with Gasteiger partial charge in [0.15, 0.2) is 0 Å². The second-order valence-corrected chi connectivity index (χ2v) is 8.42. The molecule has 0 spiro atoms. The predicted octanol–water partition coefficient (Wildman–Crippen LogP) is 3.18. The first-order valence-electron chi connectivity index (χ1n) is 7.66. The van der Waals surface area contributed by atoms with E-state index in [1.165, 1.54) is 30.0 Å². The highest BCUT2D eigenvalue weighted by Gasteiger charge is 2.22. The average Bonchev–Trinajstić information content (AvgIpc) is 2.45. The summed E-state index contributed by atoms with van der Waals surface area (Å²) in [5.41, 5.74) is 0.712. The van der Waals surface area contributed by atoms with E-state index >= 15 is 0 Å². The molecule has 0 saturated heterocycles. The van der Waals surface area contributed by atoms with Crippen LogP contribution in [0.25, 0.3) is 0 Å². The summed E-state index contributed by atoms with van der Waals surface area (Å²) in [5, 5.41) is 3.36. The van der Waals surface area contributed by atoms with Crippen molar-refractivity contribution in [1.82, 2.24) is 4.31 Å². The highest BCUT2D eigenvalue weighted by Crippen LogP contribution is 2.30. The van der Waals surface area contributed by atoms with E-state index in [0.717, 1.165) is 12.5 Å². The molecule has 0 aromatic heterocycles. The van der Waals surface area contributed by atoms with E-state index in [1.807, 2.05) is 12.1 Å². The van der Waals surface area contributed by atoms with Crippen LogP contribution in [0.5, 0.6) is 0 Å². The molecule has 5 heteroatoms. The zero-order chi connectivity index (χ0) is 15.5. The minimum Gasteiger partial charge on any atom is -0.384 e. The average molecular weight is 310 g/mol. The van der Waals surface area contributed by atoms with Gasteiger partial charge < -0.3 is 5.32 Å². The van der Waals surface area contributed by atoms with Crippen LogP contribution in [0, 0.1) is 11.8 Å². The maximum absolute atomic E-state index is 12.3. The molecule has 1 aliphatic carbocycles. The van der Waals surface area contributed by atoms with Crippen LogP contribution in [0.3, 0.4) is 0 Å². The molecule has 118 valence electrons. The van der Waals surface area contributed by atoms with Crippen molar-refractivity contribution >= 4 is 15.7 Å². The highest BCUT2D eigenvalue weighted by molar-refractivity contribution is 7.89. The SMILES string of the molecule is CC1CCCC(CNc2ccccc2S(=O)(=O)N(C)C)C1. The van der Waals surface area contributed by atoms with Gasteiger partial charge in [0.2, 0.25) is 10.0 Å². The molecule has 1 saturated carbocycles. The van der Waals surface area contributed by atoms with E-state index in [4.69, 9.17) is 0 Å². The lowest BCUT2D eigenvalue weighted by Gasteiger charge is -2.27. The first-order valence-corrected chi connectivity index (χ1v) is 9.10. The molecule has 21 heavy (non-hydrogen) atoms. The van der Waals surface area contributed by atoms with Gasteiger partial charge in [-0.25, -0.2) is 12.7 Å². The molecule has 0 amide bonds. The molecule has 4 nitrogen and oxygen atoms in total. The van der Waals surface area contributed by atoms with Crippen LogP contribution in [-0.2, 0) is 10.0 Å². The molecular weight excluding hydrogens is 284 g/mol. The fourth-order valence-electron chi connectivity index (χ4n) is 3.03. The van der Waals surface area contributed by atoms with Gasteiger partial charge in [0.25, 0.3) is 0 Å². The van der Waals surface area contributed by atoms with Gasteiger partial charge in [0.1, 0.15) is 4.90 Å². The summed E-state index contributed by atoms with van der Waals surface area (Å²) < 4.78 is 25.9. The quantitative estimate of drug-likeness (QED) is 0.909. The smallest absolute Gasteiger partial charge is 0.244 e. The number of para-hydroxylation sites is 1. The van der Waals surface area contributed by atoms with Crippen molar-refractivity contribution in [3.63, 3.8) is 0 Å². The molecule has 2 atom stereocenters. The van der Waals surface area contributed by atoms with Crippen molar-refractivity contribution in [1.29, 1.82) is 0 Å². The molecule has 2 unspecified atom stereocenters. The lowest BCUT2D eigenvalue weighted by atomic mass is 9.82. The highest BCUT2D eigenvalue weighted by atomic mass is 32.2. The molecular formula is C16H26N2O2S. The zero-order valence-electron chi connectivity index (χ0n) is 13.2. The third kappa shape index (κ3) is 3.98. The molecule has 1 aromatic carbocycles. The second-order valence-electron chi connectivity index (χ2n) is 6.30. The molecule has 1 aliphatic rings. The number of hydrogen-bond acceptors (Lipinski definition) is 3. The lowest BCUT2D eigenvalue weighted by Crippen LogP contribution is -2.25. The Morgan fingerprint density at radius 1 is 1.24 bits per heavy atom. The van der Waals surface area contributed by atoms with Crippen LogP contribution in [0.4, 0.5) is 5.69 Å². The number of anilines is 1. The summed E-state index contributed by atoms with van der Waals surface area (Å²) in [5.74, 6) is 1.43. The maximum Gasteiger partial charge on any atom is 0.244 e. The molecule has 0 heterocycles. The standard InChI is InChI=1S/C16H26N2O2S/c1-13-7-6-8-14(11-13)12-17-15-9-4-5-10-16(15)21(19,20)18(2)3/h4-5,9-10,13-14,17H,6-8,11-12H2,1-3H3. The number of nitrogens with zero attached hydrogens (tertiary/aromatic N) is 1. The van der Waals surface area contributed by atoms with Gasteiger partial charge in [-0.3, -0.25) is 0 Å². The van der Waals surface area contributed by atoms with Gasteiger partial charge in [-0.2, -0.15) is 0 Å². The normalized spacial score (nSPS) is 23.2. The first-order chi connectivity index (χ1) is 9.91. The van der Waals surface area contributed by atoms with Gasteiger partial charge in [0, 0.05) is 20.6 Å². The van der Waals surface area contributed by atoms with Gasteiger partial charge in [-0.1, -0.05) is 31.9 Å². The van der Waals surface area contributed by atoms with E-state index in [-0.39, 0.29) is 0 Å². The van der Waals surface area contributed by atoms with Crippen LogP contribution in [0.2, 0.25) is 0 Å².